The molecule has 0 saturated carbocycles. The molecular formula is C33H32N2O5. The SMILES string of the molecule is CN(C)c1ccc(-c2ccc(CN(C(=O)c3ccc(OCCO)cc3)c3cccc(/C=C/C(=O)O)c3)cc2)cc1. The number of rotatable bonds is 11. The zero-order chi connectivity index (χ0) is 28.5. The first-order chi connectivity index (χ1) is 19.3. The van der Waals surface area contributed by atoms with E-state index < -0.39 is 5.97 Å². The minimum atomic E-state index is -1.04. The van der Waals surface area contributed by atoms with Gasteiger partial charge >= 0.3 is 5.97 Å². The zero-order valence-corrected chi connectivity index (χ0v) is 22.5. The Morgan fingerprint density at radius 2 is 1.48 bits per heavy atom. The topological polar surface area (TPSA) is 90.3 Å². The maximum Gasteiger partial charge on any atom is 0.328 e. The van der Waals surface area contributed by atoms with Crippen LogP contribution in [0.2, 0.25) is 0 Å². The van der Waals surface area contributed by atoms with Gasteiger partial charge in [-0.1, -0.05) is 48.5 Å². The molecule has 0 unspecified atom stereocenters. The highest BCUT2D eigenvalue weighted by atomic mass is 16.5. The number of hydrogen-bond acceptors (Lipinski definition) is 5. The first kappa shape index (κ1) is 28.1. The number of benzene rings is 4. The van der Waals surface area contributed by atoms with Crippen molar-refractivity contribution in [3.8, 4) is 16.9 Å². The van der Waals surface area contributed by atoms with Crippen molar-refractivity contribution >= 4 is 29.3 Å². The van der Waals surface area contributed by atoms with E-state index in [-0.39, 0.29) is 19.1 Å². The summed E-state index contributed by atoms with van der Waals surface area (Å²) in [6.45, 7) is 0.390. The highest BCUT2D eigenvalue weighted by molar-refractivity contribution is 6.06. The van der Waals surface area contributed by atoms with Gasteiger partial charge in [0, 0.05) is 37.1 Å². The number of anilines is 2. The second-order valence-electron chi connectivity index (χ2n) is 9.39. The van der Waals surface area contributed by atoms with Crippen LogP contribution in [-0.2, 0) is 11.3 Å². The van der Waals surface area contributed by atoms with Crippen LogP contribution >= 0.6 is 0 Å². The highest BCUT2D eigenvalue weighted by Gasteiger charge is 2.19. The van der Waals surface area contributed by atoms with Crippen LogP contribution < -0.4 is 14.5 Å². The van der Waals surface area contributed by atoms with Crippen molar-refractivity contribution in [1.29, 1.82) is 0 Å². The molecule has 0 aliphatic rings. The summed E-state index contributed by atoms with van der Waals surface area (Å²) in [6, 6.07) is 30.4. The molecule has 1 amide bonds. The maximum absolute atomic E-state index is 13.8. The van der Waals surface area contributed by atoms with Gasteiger partial charge in [0.2, 0.25) is 0 Å². The van der Waals surface area contributed by atoms with E-state index in [2.05, 4.69) is 29.2 Å². The lowest BCUT2D eigenvalue weighted by Gasteiger charge is -2.24. The molecule has 0 heterocycles. The van der Waals surface area contributed by atoms with Crippen molar-refractivity contribution < 1.29 is 24.5 Å². The minimum absolute atomic E-state index is 0.0959. The van der Waals surface area contributed by atoms with Crippen LogP contribution in [0, 0.1) is 0 Å². The van der Waals surface area contributed by atoms with Crippen LogP contribution in [0.25, 0.3) is 17.2 Å². The number of aliphatic hydroxyl groups excluding tert-OH is 1. The predicted octanol–water partition coefficient (Wildman–Crippen LogP) is 5.74. The Bertz CT molecular complexity index is 1460. The summed E-state index contributed by atoms with van der Waals surface area (Å²) in [4.78, 5) is 28.5. The van der Waals surface area contributed by atoms with Gasteiger partial charge in [-0.05, 0) is 76.9 Å². The van der Waals surface area contributed by atoms with Gasteiger partial charge in [0.05, 0.1) is 13.2 Å². The Hall–Kier alpha value is -4.88. The number of aliphatic hydroxyl groups is 1. The second kappa shape index (κ2) is 13.3. The van der Waals surface area contributed by atoms with Crippen LogP contribution in [0.1, 0.15) is 21.5 Å². The molecule has 40 heavy (non-hydrogen) atoms. The lowest BCUT2D eigenvalue weighted by molar-refractivity contribution is -0.131. The molecule has 0 aromatic heterocycles. The molecule has 7 heteroatoms. The highest BCUT2D eigenvalue weighted by Crippen LogP contribution is 2.26. The minimum Gasteiger partial charge on any atom is -0.491 e. The summed E-state index contributed by atoms with van der Waals surface area (Å²) in [7, 11) is 4.02. The van der Waals surface area contributed by atoms with E-state index in [1.807, 2.05) is 44.4 Å². The van der Waals surface area contributed by atoms with Gasteiger partial charge in [-0.3, -0.25) is 4.79 Å². The Labute approximate surface area is 234 Å². The van der Waals surface area contributed by atoms with Crippen molar-refractivity contribution in [2.45, 2.75) is 6.54 Å². The van der Waals surface area contributed by atoms with Crippen molar-refractivity contribution in [2.24, 2.45) is 0 Å². The first-order valence-corrected chi connectivity index (χ1v) is 12.9. The molecule has 4 aromatic carbocycles. The number of hydrogen-bond donors (Lipinski definition) is 2. The lowest BCUT2D eigenvalue weighted by Crippen LogP contribution is -2.30. The third-order valence-corrected chi connectivity index (χ3v) is 6.32. The van der Waals surface area contributed by atoms with Crippen LogP contribution in [-0.4, -0.2) is 49.4 Å². The summed E-state index contributed by atoms with van der Waals surface area (Å²) in [6.07, 6.45) is 2.57. The third kappa shape index (κ3) is 7.36. The van der Waals surface area contributed by atoms with Crippen LogP contribution in [0.3, 0.4) is 0 Å². The van der Waals surface area contributed by atoms with Crippen molar-refractivity contribution in [3.05, 3.63) is 120 Å². The molecule has 4 rings (SSSR count). The molecule has 4 aromatic rings. The Morgan fingerprint density at radius 3 is 2.08 bits per heavy atom. The second-order valence-corrected chi connectivity index (χ2v) is 9.39. The van der Waals surface area contributed by atoms with Crippen molar-refractivity contribution in [2.75, 3.05) is 37.1 Å². The number of nitrogens with zero attached hydrogens (tertiary/aromatic N) is 2. The molecule has 0 saturated heterocycles. The molecule has 0 bridgehead atoms. The van der Waals surface area contributed by atoms with E-state index in [0.717, 1.165) is 28.5 Å². The van der Waals surface area contributed by atoms with Crippen LogP contribution in [0.5, 0.6) is 5.75 Å². The number of carboxylic acids is 1. The van der Waals surface area contributed by atoms with E-state index in [1.165, 1.54) is 6.08 Å². The van der Waals surface area contributed by atoms with E-state index >= 15 is 0 Å². The molecule has 0 fully saturated rings. The lowest BCUT2D eigenvalue weighted by atomic mass is 10.0. The smallest absolute Gasteiger partial charge is 0.328 e. The molecule has 0 spiro atoms. The quantitative estimate of drug-likeness (QED) is 0.238. The van der Waals surface area contributed by atoms with Gasteiger partial charge in [-0.2, -0.15) is 0 Å². The molecule has 2 N–H and O–H groups in total. The zero-order valence-electron chi connectivity index (χ0n) is 22.5. The number of carbonyl (C=O) groups is 2. The standard InChI is InChI=1S/C33H32N2O5/c1-34(2)29-15-11-27(12-16-29)26-9-6-25(7-10-26)23-35(30-5-3-4-24(22-30)8-19-32(37)38)33(39)28-13-17-31(18-14-28)40-21-20-36/h3-19,22,36H,20-21,23H2,1-2H3,(H,37,38)/b19-8+. The van der Waals surface area contributed by atoms with Crippen LogP contribution in [0.15, 0.2) is 103 Å². The molecule has 0 aliphatic heterocycles. The van der Waals surface area contributed by atoms with Gasteiger partial charge in [0.15, 0.2) is 0 Å². The summed E-state index contributed by atoms with van der Waals surface area (Å²) >= 11 is 0. The van der Waals surface area contributed by atoms with Crippen molar-refractivity contribution in [1.82, 2.24) is 0 Å². The van der Waals surface area contributed by atoms with Gasteiger partial charge in [-0.25, -0.2) is 4.79 Å². The normalized spacial score (nSPS) is 10.9. The predicted molar refractivity (Wildman–Crippen MR) is 159 cm³/mol. The largest absolute Gasteiger partial charge is 0.491 e. The van der Waals surface area contributed by atoms with E-state index in [0.29, 0.717) is 29.1 Å². The van der Waals surface area contributed by atoms with Gasteiger partial charge < -0.3 is 24.7 Å². The average Bonchev–Trinajstić information content (AvgIpc) is 2.98. The van der Waals surface area contributed by atoms with Gasteiger partial charge in [0.1, 0.15) is 12.4 Å². The fraction of sp³-hybridized carbons (Fsp3) is 0.152. The number of amides is 1. The summed E-state index contributed by atoms with van der Waals surface area (Å²) in [5, 5.41) is 18.0. The molecule has 204 valence electrons. The number of carbonyl (C=O) groups excluding carboxylic acids is 1. The molecular weight excluding hydrogens is 504 g/mol. The number of carboxylic acid groups (broad SMARTS) is 1. The summed E-state index contributed by atoms with van der Waals surface area (Å²) in [5.74, 6) is -0.693. The Balaban J connectivity index is 1.62. The Kier molecular flexibility index (Phi) is 9.33. The van der Waals surface area contributed by atoms with E-state index in [4.69, 9.17) is 14.9 Å². The molecule has 0 radical (unpaired) electrons. The fourth-order valence-electron chi connectivity index (χ4n) is 4.19. The van der Waals surface area contributed by atoms with Gasteiger partial charge in [-0.15, -0.1) is 0 Å². The maximum atomic E-state index is 13.8. The summed E-state index contributed by atoms with van der Waals surface area (Å²) in [5.41, 5.74) is 6.03. The Morgan fingerprint density at radius 1 is 0.825 bits per heavy atom. The monoisotopic (exact) mass is 536 g/mol. The van der Waals surface area contributed by atoms with E-state index in [9.17, 15) is 9.59 Å². The van der Waals surface area contributed by atoms with Crippen LogP contribution in [0.4, 0.5) is 11.4 Å². The third-order valence-electron chi connectivity index (χ3n) is 6.32. The van der Waals surface area contributed by atoms with Crippen molar-refractivity contribution in [3.63, 3.8) is 0 Å². The average molecular weight is 537 g/mol. The number of aliphatic carboxylic acids is 1. The first-order valence-electron chi connectivity index (χ1n) is 12.9. The fourth-order valence-corrected chi connectivity index (χ4v) is 4.19. The molecule has 0 atom stereocenters. The van der Waals surface area contributed by atoms with Gasteiger partial charge in [0.25, 0.3) is 5.91 Å². The molecule has 7 nitrogen and oxygen atoms in total. The van der Waals surface area contributed by atoms with E-state index in [1.54, 1.807) is 47.4 Å². The summed E-state index contributed by atoms with van der Waals surface area (Å²) < 4.78 is 5.43. The number of ether oxygens (including phenoxy) is 1. The molecule has 0 aliphatic carbocycles.